The van der Waals surface area contributed by atoms with E-state index in [1.54, 1.807) is 12.1 Å². The molecule has 34 heavy (non-hydrogen) atoms. The number of hydrogen-bond acceptors (Lipinski definition) is 8. The van der Waals surface area contributed by atoms with Gasteiger partial charge in [-0.15, -0.1) is 0 Å². The Labute approximate surface area is 191 Å². The van der Waals surface area contributed by atoms with Gasteiger partial charge in [-0.1, -0.05) is 24.3 Å². The number of benzene rings is 2. The van der Waals surface area contributed by atoms with Crippen molar-refractivity contribution in [1.82, 2.24) is 0 Å². The van der Waals surface area contributed by atoms with Crippen LogP contribution in [0.3, 0.4) is 0 Å². The van der Waals surface area contributed by atoms with Crippen LogP contribution in [-0.2, 0) is 27.3 Å². The normalized spacial score (nSPS) is 25.1. The van der Waals surface area contributed by atoms with E-state index >= 15 is 0 Å². The fourth-order valence-electron chi connectivity index (χ4n) is 3.29. The van der Waals surface area contributed by atoms with Crippen molar-refractivity contribution in [2.24, 2.45) is 0 Å². The van der Waals surface area contributed by atoms with E-state index in [2.05, 4.69) is 8.83 Å². The second-order valence-electron chi connectivity index (χ2n) is 7.33. The maximum Gasteiger partial charge on any atom is 0.479 e. The Morgan fingerprint density at radius 2 is 1.68 bits per heavy atom. The zero-order valence-corrected chi connectivity index (χ0v) is 20.0. The monoisotopic (exact) mass is 548 g/mol. The Bertz CT molecular complexity index is 1200. The number of aliphatic hydroxyl groups is 1. The molecule has 5 atom stereocenters. The van der Waals surface area contributed by atoms with E-state index in [0.29, 0.717) is 11.3 Å². The van der Waals surface area contributed by atoms with Crippen molar-refractivity contribution in [2.75, 3.05) is 13.7 Å². The third kappa shape index (κ3) is 5.59. The molecule has 0 amide bonds. The molecule has 0 aromatic heterocycles. The summed E-state index contributed by atoms with van der Waals surface area (Å²) in [6, 6.07) is 10.9. The van der Waals surface area contributed by atoms with Crippen molar-refractivity contribution in [2.45, 2.75) is 30.1 Å². The van der Waals surface area contributed by atoms with Crippen LogP contribution in [0.15, 0.2) is 36.4 Å². The van der Waals surface area contributed by atoms with Gasteiger partial charge >= 0.3 is 28.4 Å². The lowest BCUT2D eigenvalue weighted by Crippen LogP contribution is -2.26. The predicted octanol–water partition coefficient (Wildman–Crippen LogP) is 3.09. The molecule has 0 bridgehead atoms. The van der Waals surface area contributed by atoms with E-state index in [-0.39, 0.29) is 6.42 Å². The van der Waals surface area contributed by atoms with Gasteiger partial charge in [0.2, 0.25) is 0 Å². The molecule has 0 radical (unpaired) electrons. The van der Waals surface area contributed by atoms with Gasteiger partial charge in [0.25, 0.3) is 0 Å². The molecule has 0 spiro atoms. The van der Waals surface area contributed by atoms with Gasteiger partial charge in [-0.2, -0.15) is 8.78 Å². The molecule has 3 rings (SSSR count). The highest BCUT2D eigenvalue weighted by atomic mass is 31.3. The molecule has 17 heteroatoms. The van der Waals surface area contributed by atoms with Gasteiger partial charge < -0.3 is 34.2 Å². The van der Waals surface area contributed by atoms with E-state index in [1.807, 2.05) is 24.3 Å². The van der Waals surface area contributed by atoms with E-state index < -0.39 is 53.3 Å². The Balaban J connectivity index is 1.71. The van der Waals surface area contributed by atoms with Gasteiger partial charge in [0.1, 0.15) is 11.9 Å². The average molecular weight is 548 g/mol. The Morgan fingerprint density at radius 1 is 1.09 bits per heavy atom. The number of hydrogen-bond donors (Lipinski definition) is 5. The Morgan fingerprint density at radius 3 is 2.24 bits per heavy atom. The maximum atomic E-state index is 13.5. The van der Waals surface area contributed by atoms with Crippen LogP contribution in [0.25, 0.3) is 10.8 Å². The van der Waals surface area contributed by atoms with Crippen LogP contribution in [-0.4, -0.2) is 56.0 Å². The Kier molecular flexibility index (Phi) is 7.75. The summed E-state index contributed by atoms with van der Waals surface area (Å²) in [5.74, 6) is 0.439. The number of rotatable bonds is 9. The van der Waals surface area contributed by atoms with E-state index in [0.717, 1.165) is 10.8 Å². The first-order valence-electron chi connectivity index (χ1n) is 9.43. The summed E-state index contributed by atoms with van der Waals surface area (Å²) in [6.45, 7) is -0.942. The largest absolute Gasteiger partial charge is 0.496 e. The van der Waals surface area contributed by atoms with Gasteiger partial charge in [-0.3, -0.25) is 13.7 Å². The van der Waals surface area contributed by atoms with Gasteiger partial charge in [0.05, 0.1) is 25.9 Å². The highest BCUT2D eigenvalue weighted by molar-refractivity contribution is 7.75. The summed E-state index contributed by atoms with van der Waals surface area (Å²) in [5, 5.41) is 6.33. The zero-order chi connectivity index (χ0) is 25.5. The quantitative estimate of drug-likeness (QED) is 0.289. The smallest absolute Gasteiger partial charge is 0.479 e. The molecule has 5 N–H and O–H groups in total. The topological polar surface area (TPSA) is 189 Å². The molecule has 0 aliphatic carbocycles. The molecule has 2 aromatic carbocycles. The molecule has 1 heterocycles. The molecule has 1 aliphatic heterocycles. The molecular formula is C17H21F2O12P3. The summed E-state index contributed by atoms with van der Waals surface area (Å²) >= 11 is 0. The third-order valence-electron chi connectivity index (χ3n) is 4.97. The fourth-order valence-corrected chi connectivity index (χ4v) is 6.97. The molecule has 12 nitrogen and oxygen atoms in total. The van der Waals surface area contributed by atoms with Crippen molar-refractivity contribution < 1.29 is 65.5 Å². The average Bonchev–Trinajstić information content (AvgIpc) is 3.10. The number of halogens is 2. The molecular weight excluding hydrogens is 527 g/mol. The van der Waals surface area contributed by atoms with E-state index in [9.17, 15) is 37.4 Å². The zero-order valence-electron chi connectivity index (χ0n) is 17.3. The van der Waals surface area contributed by atoms with Crippen LogP contribution in [0.2, 0.25) is 0 Å². The van der Waals surface area contributed by atoms with Crippen molar-refractivity contribution >= 4 is 33.8 Å². The molecule has 1 aliphatic rings. The summed E-state index contributed by atoms with van der Waals surface area (Å²) in [6.07, 6.45) is -3.32. The molecule has 2 unspecified atom stereocenters. The Hall–Kier alpha value is -1.27. The summed E-state index contributed by atoms with van der Waals surface area (Å²) in [4.78, 5) is 35.8. The number of ether oxygens (including phenoxy) is 2. The predicted molar refractivity (Wildman–Crippen MR) is 112 cm³/mol. The van der Waals surface area contributed by atoms with Crippen molar-refractivity contribution in [3.05, 3.63) is 42.0 Å². The lowest BCUT2D eigenvalue weighted by Gasteiger charge is -2.24. The molecule has 190 valence electrons. The van der Waals surface area contributed by atoms with Gasteiger partial charge in [-0.05, 0) is 22.9 Å². The number of phosphoric ester groups is 1. The first-order valence-corrected chi connectivity index (χ1v) is 14.1. The van der Waals surface area contributed by atoms with Crippen molar-refractivity contribution in [3.63, 3.8) is 0 Å². The SMILES string of the molecule is COc1cc2ccccc2cc1[C@H]1C[C@H](O)[C@@H](COP(=O)(O)OP(=O)(O)C(F)(F)P(=O)(O)O)O1. The molecule has 2 aromatic rings. The lowest BCUT2D eigenvalue weighted by atomic mass is 9.99. The highest BCUT2D eigenvalue weighted by Gasteiger charge is 2.67. The standard InChI is InChI=1S/C17H21F2O12P3/c1-28-14-7-11-5-3-2-4-10(11)6-12(14)15-8-13(20)16(30-15)9-29-34(26,27)31-33(24,25)17(18,19)32(21,22)23/h2-7,13,15-16,20H,8-9H2,1H3,(H,24,25)(H,26,27)(H2,21,22,23)/t13-,15+,16+/m0/s1. The number of phosphoric acid groups is 1. The minimum absolute atomic E-state index is 0.00587. The number of fused-ring (bicyclic) bond motifs is 1. The summed E-state index contributed by atoms with van der Waals surface area (Å²) in [5.41, 5.74) is 0.548. The second-order valence-corrected chi connectivity index (χ2v) is 12.8. The summed E-state index contributed by atoms with van der Waals surface area (Å²) in [7, 11) is -17.5. The van der Waals surface area contributed by atoms with Gasteiger partial charge in [-0.25, -0.2) is 8.88 Å². The number of aliphatic hydroxyl groups excluding tert-OH is 1. The minimum Gasteiger partial charge on any atom is -0.496 e. The lowest BCUT2D eigenvalue weighted by molar-refractivity contribution is -0.0226. The second kappa shape index (κ2) is 9.65. The van der Waals surface area contributed by atoms with Crippen LogP contribution in [0.1, 0.15) is 18.1 Å². The fraction of sp³-hybridized carbons (Fsp3) is 0.412. The van der Waals surface area contributed by atoms with Crippen molar-refractivity contribution in [3.8, 4) is 5.75 Å². The molecule has 0 saturated carbocycles. The maximum absolute atomic E-state index is 13.5. The van der Waals surface area contributed by atoms with Gasteiger partial charge in [0.15, 0.2) is 0 Å². The number of methoxy groups -OCH3 is 1. The first-order chi connectivity index (χ1) is 15.6. The van der Waals surface area contributed by atoms with Crippen LogP contribution in [0.5, 0.6) is 5.75 Å². The van der Waals surface area contributed by atoms with Crippen LogP contribution < -0.4 is 4.74 Å². The molecule has 1 saturated heterocycles. The van der Waals surface area contributed by atoms with Gasteiger partial charge in [0, 0.05) is 12.0 Å². The van der Waals surface area contributed by atoms with Crippen LogP contribution in [0, 0.1) is 0 Å². The first kappa shape index (κ1) is 27.3. The third-order valence-corrected chi connectivity index (χ3v) is 10.1. The van der Waals surface area contributed by atoms with E-state index in [4.69, 9.17) is 19.3 Å². The minimum atomic E-state index is -6.66. The summed E-state index contributed by atoms with van der Waals surface area (Å²) < 4.78 is 80.1. The van der Waals surface area contributed by atoms with Crippen LogP contribution >= 0.6 is 23.0 Å². The molecule has 1 fully saturated rings. The highest BCUT2D eigenvalue weighted by Crippen LogP contribution is 2.77. The van der Waals surface area contributed by atoms with Crippen LogP contribution in [0.4, 0.5) is 8.78 Å². The van der Waals surface area contributed by atoms with Crippen molar-refractivity contribution in [1.29, 1.82) is 0 Å². The van der Waals surface area contributed by atoms with E-state index in [1.165, 1.54) is 7.11 Å². The number of alkyl halides is 2.